The van der Waals surface area contributed by atoms with Gasteiger partial charge in [0.05, 0.1) is 13.5 Å². The van der Waals surface area contributed by atoms with E-state index in [9.17, 15) is 9.90 Å². The lowest BCUT2D eigenvalue weighted by atomic mass is 10.4. The van der Waals surface area contributed by atoms with Gasteiger partial charge in [0.15, 0.2) is 5.75 Å². The van der Waals surface area contributed by atoms with Crippen molar-refractivity contribution in [3.8, 4) is 11.6 Å². The molecule has 0 aliphatic rings. The molecule has 0 unspecified atom stereocenters. The number of aromatic hydroxyl groups is 1. The molecule has 76 valence electrons. The molecule has 14 heavy (non-hydrogen) atoms. The van der Waals surface area contributed by atoms with E-state index < -0.39 is 0 Å². The van der Waals surface area contributed by atoms with Gasteiger partial charge >= 0.3 is 5.97 Å². The second-order valence-corrected chi connectivity index (χ2v) is 2.50. The first-order chi connectivity index (χ1) is 6.74. The van der Waals surface area contributed by atoms with Crippen LogP contribution in [0.1, 0.15) is 6.42 Å². The standard InChI is InChI=1S/C9H11NO4/c1-13-8(12)4-6-14-9-7(11)3-2-5-10-9/h2-3,5,11H,4,6H2,1H3. The maximum atomic E-state index is 10.7. The van der Waals surface area contributed by atoms with Crippen LogP contribution in [0.4, 0.5) is 0 Å². The Morgan fingerprint density at radius 3 is 3.07 bits per heavy atom. The second-order valence-electron chi connectivity index (χ2n) is 2.50. The van der Waals surface area contributed by atoms with Gasteiger partial charge in [-0.05, 0) is 12.1 Å². The fourth-order valence-electron chi connectivity index (χ4n) is 0.827. The largest absolute Gasteiger partial charge is 0.503 e. The van der Waals surface area contributed by atoms with Gasteiger partial charge in [-0.25, -0.2) is 4.98 Å². The van der Waals surface area contributed by atoms with Crippen molar-refractivity contribution >= 4 is 5.97 Å². The minimum atomic E-state index is -0.361. The lowest BCUT2D eigenvalue weighted by Crippen LogP contribution is -2.08. The number of carbonyl (C=O) groups excluding carboxylic acids is 1. The van der Waals surface area contributed by atoms with E-state index in [2.05, 4.69) is 9.72 Å². The highest BCUT2D eigenvalue weighted by Crippen LogP contribution is 2.20. The third-order valence-corrected chi connectivity index (χ3v) is 1.52. The van der Waals surface area contributed by atoms with Crippen LogP contribution in [0.5, 0.6) is 11.6 Å². The van der Waals surface area contributed by atoms with Gasteiger partial charge in [0.25, 0.3) is 5.88 Å². The number of hydrogen-bond acceptors (Lipinski definition) is 5. The van der Waals surface area contributed by atoms with E-state index in [0.717, 1.165) is 0 Å². The van der Waals surface area contributed by atoms with Gasteiger partial charge in [0.1, 0.15) is 6.61 Å². The van der Waals surface area contributed by atoms with Crippen LogP contribution in [-0.2, 0) is 9.53 Å². The highest BCUT2D eigenvalue weighted by atomic mass is 16.5. The molecular weight excluding hydrogens is 186 g/mol. The Labute approximate surface area is 81.3 Å². The van der Waals surface area contributed by atoms with E-state index in [0.29, 0.717) is 0 Å². The fourth-order valence-corrected chi connectivity index (χ4v) is 0.827. The zero-order valence-electron chi connectivity index (χ0n) is 7.77. The van der Waals surface area contributed by atoms with Crippen molar-refractivity contribution < 1.29 is 19.4 Å². The molecule has 5 nitrogen and oxygen atoms in total. The molecule has 0 radical (unpaired) electrons. The topological polar surface area (TPSA) is 68.7 Å². The fraction of sp³-hybridized carbons (Fsp3) is 0.333. The number of rotatable bonds is 4. The molecule has 0 amide bonds. The van der Waals surface area contributed by atoms with E-state index in [-0.39, 0.29) is 30.6 Å². The monoisotopic (exact) mass is 197 g/mol. The summed E-state index contributed by atoms with van der Waals surface area (Å²) in [5.74, 6) is -0.283. The lowest BCUT2D eigenvalue weighted by Gasteiger charge is -2.04. The van der Waals surface area contributed by atoms with E-state index in [1.807, 2.05) is 0 Å². The quantitative estimate of drug-likeness (QED) is 0.720. The molecule has 0 atom stereocenters. The van der Waals surface area contributed by atoms with Crippen LogP contribution in [0.15, 0.2) is 18.3 Å². The van der Waals surface area contributed by atoms with Crippen LogP contribution in [0, 0.1) is 0 Å². The summed E-state index contributed by atoms with van der Waals surface area (Å²) >= 11 is 0. The van der Waals surface area contributed by atoms with Crippen molar-refractivity contribution in [1.82, 2.24) is 4.98 Å². The molecule has 0 spiro atoms. The van der Waals surface area contributed by atoms with Crippen LogP contribution in [-0.4, -0.2) is 29.8 Å². The summed E-state index contributed by atoms with van der Waals surface area (Å²) in [6, 6.07) is 3.04. The van der Waals surface area contributed by atoms with E-state index >= 15 is 0 Å². The van der Waals surface area contributed by atoms with Crippen molar-refractivity contribution in [2.45, 2.75) is 6.42 Å². The third kappa shape index (κ3) is 2.93. The number of hydrogen-bond donors (Lipinski definition) is 1. The average Bonchev–Trinajstić information content (AvgIpc) is 2.20. The molecule has 1 aromatic rings. The lowest BCUT2D eigenvalue weighted by molar-refractivity contribution is -0.141. The van der Waals surface area contributed by atoms with Crippen molar-refractivity contribution in [2.24, 2.45) is 0 Å². The summed E-state index contributed by atoms with van der Waals surface area (Å²) in [5.41, 5.74) is 0. The molecule has 0 aromatic carbocycles. The summed E-state index contributed by atoms with van der Waals surface area (Å²) < 4.78 is 9.46. The summed E-state index contributed by atoms with van der Waals surface area (Å²) in [7, 11) is 1.31. The Balaban J connectivity index is 2.39. The summed E-state index contributed by atoms with van der Waals surface area (Å²) in [5, 5.41) is 9.23. The highest BCUT2D eigenvalue weighted by molar-refractivity contribution is 5.69. The third-order valence-electron chi connectivity index (χ3n) is 1.52. The molecule has 0 bridgehead atoms. The van der Waals surface area contributed by atoms with Crippen LogP contribution in [0.3, 0.4) is 0 Å². The van der Waals surface area contributed by atoms with E-state index in [1.54, 1.807) is 6.07 Å². The number of carbonyl (C=O) groups is 1. The maximum Gasteiger partial charge on any atom is 0.308 e. The van der Waals surface area contributed by atoms with Crippen LogP contribution in [0.25, 0.3) is 0 Å². The van der Waals surface area contributed by atoms with Gasteiger partial charge in [-0.15, -0.1) is 0 Å². The minimum absolute atomic E-state index is 0.0441. The van der Waals surface area contributed by atoms with Crippen LogP contribution in [0.2, 0.25) is 0 Å². The Morgan fingerprint density at radius 2 is 2.43 bits per heavy atom. The predicted octanol–water partition coefficient (Wildman–Crippen LogP) is 0.729. The van der Waals surface area contributed by atoms with Gasteiger partial charge in [0, 0.05) is 6.20 Å². The van der Waals surface area contributed by atoms with Crippen molar-refractivity contribution in [3.63, 3.8) is 0 Å². The zero-order valence-corrected chi connectivity index (χ0v) is 7.77. The van der Waals surface area contributed by atoms with Gasteiger partial charge in [-0.2, -0.15) is 0 Å². The number of esters is 1. The van der Waals surface area contributed by atoms with Gasteiger partial charge in [-0.3, -0.25) is 4.79 Å². The second kappa shape index (κ2) is 5.06. The molecule has 1 heterocycles. The Hall–Kier alpha value is -1.78. The Kier molecular flexibility index (Phi) is 3.72. The number of ether oxygens (including phenoxy) is 2. The first-order valence-electron chi connectivity index (χ1n) is 4.07. The van der Waals surface area contributed by atoms with E-state index in [1.165, 1.54) is 19.4 Å². The summed E-state index contributed by atoms with van der Waals surface area (Å²) in [4.78, 5) is 14.5. The minimum Gasteiger partial charge on any atom is -0.503 e. The molecule has 0 fully saturated rings. The highest BCUT2D eigenvalue weighted by Gasteiger charge is 2.04. The van der Waals surface area contributed by atoms with Crippen LogP contribution < -0.4 is 4.74 Å². The zero-order chi connectivity index (χ0) is 10.4. The predicted molar refractivity (Wildman–Crippen MR) is 48.0 cm³/mol. The molecular formula is C9H11NO4. The smallest absolute Gasteiger partial charge is 0.308 e. The molecule has 0 aliphatic carbocycles. The molecule has 1 aromatic heterocycles. The SMILES string of the molecule is COC(=O)CCOc1ncccc1O. The first kappa shape index (κ1) is 10.3. The number of nitrogens with zero attached hydrogens (tertiary/aromatic N) is 1. The first-order valence-corrected chi connectivity index (χ1v) is 4.07. The molecule has 0 saturated carbocycles. The maximum absolute atomic E-state index is 10.7. The molecule has 5 heteroatoms. The molecule has 1 rings (SSSR count). The van der Waals surface area contributed by atoms with Gasteiger partial charge in [-0.1, -0.05) is 0 Å². The van der Waals surface area contributed by atoms with Crippen molar-refractivity contribution in [3.05, 3.63) is 18.3 Å². The Bertz CT molecular complexity index is 313. The average molecular weight is 197 g/mol. The van der Waals surface area contributed by atoms with Crippen LogP contribution >= 0.6 is 0 Å². The van der Waals surface area contributed by atoms with Gasteiger partial charge in [0.2, 0.25) is 0 Å². The molecule has 0 aliphatic heterocycles. The van der Waals surface area contributed by atoms with E-state index in [4.69, 9.17) is 4.74 Å². The normalized spacial score (nSPS) is 9.50. The van der Waals surface area contributed by atoms with Crippen molar-refractivity contribution in [2.75, 3.05) is 13.7 Å². The summed E-state index contributed by atoms with van der Waals surface area (Å²) in [6.45, 7) is 0.136. The number of pyridine rings is 1. The summed E-state index contributed by atoms with van der Waals surface area (Å²) in [6.07, 6.45) is 1.62. The molecule has 1 N–H and O–H groups in total. The van der Waals surface area contributed by atoms with Crippen molar-refractivity contribution in [1.29, 1.82) is 0 Å². The number of aromatic nitrogens is 1. The Morgan fingerprint density at radius 1 is 1.64 bits per heavy atom. The van der Waals surface area contributed by atoms with Gasteiger partial charge < -0.3 is 14.6 Å². The molecule has 0 saturated heterocycles. The number of methoxy groups -OCH3 is 1.